The minimum absolute atomic E-state index is 0.490. The van der Waals surface area contributed by atoms with Crippen LogP contribution in [0.2, 0.25) is 0 Å². The molecule has 100 valence electrons. The van der Waals surface area contributed by atoms with Gasteiger partial charge in [-0.3, -0.25) is 0 Å². The Balaban J connectivity index is 1.75. The molecule has 1 saturated heterocycles. The van der Waals surface area contributed by atoms with Crippen molar-refractivity contribution in [2.45, 2.75) is 25.4 Å². The van der Waals surface area contributed by atoms with Crippen molar-refractivity contribution in [1.82, 2.24) is 0 Å². The third-order valence-corrected chi connectivity index (χ3v) is 4.67. The van der Waals surface area contributed by atoms with E-state index in [4.69, 9.17) is 0 Å². The van der Waals surface area contributed by atoms with Crippen LogP contribution in [0.15, 0.2) is 41.8 Å². The SMILES string of the molecule is OC(c1ccc(N2CCCCC2)cc1)c1cccs1. The summed E-state index contributed by atoms with van der Waals surface area (Å²) in [5, 5.41) is 12.3. The van der Waals surface area contributed by atoms with Crippen molar-refractivity contribution in [3.05, 3.63) is 52.2 Å². The van der Waals surface area contributed by atoms with E-state index >= 15 is 0 Å². The molecule has 2 heterocycles. The zero-order valence-corrected chi connectivity index (χ0v) is 11.8. The van der Waals surface area contributed by atoms with Crippen LogP contribution in [-0.2, 0) is 0 Å². The van der Waals surface area contributed by atoms with Crippen LogP contribution in [0.25, 0.3) is 0 Å². The number of anilines is 1. The number of hydrogen-bond acceptors (Lipinski definition) is 3. The van der Waals surface area contributed by atoms with Gasteiger partial charge in [0.15, 0.2) is 0 Å². The van der Waals surface area contributed by atoms with Gasteiger partial charge in [-0.2, -0.15) is 0 Å². The first-order chi connectivity index (χ1) is 9.34. The molecule has 0 amide bonds. The number of thiophene rings is 1. The van der Waals surface area contributed by atoms with Gasteiger partial charge in [-0.1, -0.05) is 18.2 Å². The standard InChI is InChI=1S/C16H19NOS/c18-16(15-5-4-12-19-15)13-6-8-14(9-7-13)17-10-2-1-3-11-17/h4-9,12,16,18H,1-3,10-11H2. The van der Waals surface area contributed by atoms with Crippen molar-refractivity contribution in [2.75, 3.05) is 18.0 Å². The summed E-state index contributed by atoms with van der Waals surface area (Å²) in [4.78, 5) is 3.44. The molecule has 1 aliphatic heterocycles. The van der Waals surface area contributed by atoms with Gasteiger partial charge in [-0.05, 0) is 48.4 Å². The fourth-order valence-electron chi connectivity index (χ4n) is 2.63. The van der Waals surface area contributed by atoms with Crippen LogP contribution >= 0.6 is 11.3 Å². The summed E-state index contributed by atoms with van der Waals surface area (Å²) in [6.07, 6.45) is 3.44. The summed E-state index contributed by atoms with van der Waals surface area (Å²) in [5.41, 5.74) is 2.25. The lowest BCUT2D eigenvalue weighted by atomic mass is 10.1. The Hall–Kier alpha value is -1.32. The van der Waals surface area contributed by atoms with Crippen LogP contribution in [0, 0.1) is 0 Å². The molecule has 2 nitrogen and oxygen atoms in total. The van der Waals surface area contributed by atoms with Crippen LogP contribution in [0.3, 0.4) is 0 Å². The molecule has 0 bridgehead atoms. The van der Waals surface area contributed by atoms with E-state index in [0.29, 0.717) is 0 Å². The van der Waals surface area contributed by atoms with E-state index in [1.807, 2.05) is 29.6 Å². The highest BCUT2D eigenvalue weighted by atomic mass is 32.1. The van der Waals surface area contributed by atoms with E-state index in [0.717, 1.165) is 23.5 Å². The monoisotopic (exact) mass is 273 g/mol. The van der Waals surface area contributed by atoms with Gasteiger partial charge in [0.05, 0.1) is 0 Å². The van der Waals surface area contributed by atoms with Gasteiger partial charge in [0.1, 0.15) is 6.10 Å². The van der Waals surface area contributed by atoms with Crippen LogP contribution in [-0.4, -0.2) is 18.2 Å². The Bertz CT molecular complexity index is 500. The van der Waals surface area contributed by atoms with Crippen molar-refractivity contribution in [2.24, 2.45) is 0 Å². The molecular formula is C16H19NOS. The molecule has 1 aromatic carbocycles. The lowest BCUT2D eigenvalue weighted by molar-refractivity contribution is 0.224. The molecule has 3 rings (SSSR count). The number of aliphatic hydroxyl groups is 1. The molecule has 1 fully saturated rings. The maximum atomic E-state index is 10.3. The zero-order valence-electron chi connectivity index (χ0n) is 11.0. The first-order valence-electron chi connectivity index (χ1n) is 6.91. The van der Waals surface area contributed by atoms with E-state index < -0.39 is 6.10 Å². The van der Waals surface area contributed by atoms with E-state index in [1.54, 1.807) is 11.3 Å². The highest BCUT2D eigenvalue weighted by Gasteiger charge is 2.13. The lowest BCUT2D eigenvalue weighted by Gasteiger charge is -2.29. The summed E-state index contributed by atoms with van der Waals surface area (Å²) < 4.78 is 0. The van der Waals surface area contributed by atoms with Crippen LogP contribution < -0.4 is 4.90 Å². The fourth-order valence-corrected chi connectivity index (χ4v) is 3.37. The van der Waals surface area contributed by atoms with Gasteiger partial charge < -0.3 is 10.0 Å². The normalized spacial score (nSPS) is 17.4. The second-order valence-electron chi connectivity index (χ2n) is 5.06. The highest BCUT2D eigenvalue weighted by molar-refractivity contribution is 7.10. The first-order valence-corrected chi connectivity index (χ1v) is 7.79. The van der Waals surface area contributed by atoms with Gasteiger partial charge in [0.2, 0.25) is 0 Å². The average Bonchev–Trinajstić information content (AvgIpc) is 3.02. The first kappa shape index (κ1) is 12.7. The van der Waals surface area contributed by atoms with Gasteiger partial charge in [0.25, 0.3) is 0 Å². The molecule has 3 heteroatoms. The number of rotatable bonds is 3. The predicted molar refractivity (Wildman–Crippen MR) is 80.9 cm³/mol. The van der Waals surface area contributed by atoms with Crippen molar-refractivity contribution in [3.63, 3.8) is 0 Å². The fraction of sp³-hybridized carbons (Fsp3) is 0.375. The molecule has 1 N–H and O–H groups in total. The molecule has 2 aromatic rings. The number of aliphatic hydroxyl groups excluding tert-OH is 1. The number of nitrogens with zero attached hydrogens (tertiary/aromatic N) is 1. The summed E-state index contributed by atoms with van der Waals surface area (Å²) in [5.74, 6) is 0. The maximum Gasteiger partial charge on any atom is 0.113 e. The van der Waals surface area contributed by atoms with E-state index in [9.17, 15) is 5.11 Å². The third kappa shape index (κ3) is 2.82. The van der Waals surface area contributed by atoms with Crippen molar-refractivity contribution in [1.29, 1.82) is 0 Å². The summed E-state index contributed by atoms with van der Waals surface area (Å²) >= 11 is 1.60. The van der Waals surface area contributed by atoms with Crippen LogP contribution in [0.4, 0.5) is 5.69 Å². The summed E-state index contributed by atoms with van der Waals surface area (Å²) in [7, 11) is 0. The Labute approximate surface area is 118 Å². The second kappa shape index (κ2) is 5.76. The molecule has 19 heavy (non-hydrogen) atoms. The van der Waals surface area contributed by atoms with Crippen molar-refractivity contribution in [3.8, 4) is 0 Å². The Morgan fingerprint density at radius 3 is 2.37 bits per heavy atom. The van der Waals surface area contributed by atoms with E-state index in [1.165, 1.54) is 24.9 Å². The minimum atomic E-state index is -0.490. The molecule has 1 unspecified atom stereocenters. The number of benzene rings is 1. The highest BCUT2D eigenvalue weighted by Crippen LogP contribution is 2.28. The Morgan fingerprint density at radius 1 is 1.00 bits per heavy atom. The maximum absolute atomic E-state index is 10.3. The third-order valence-electron chi connectivity index (χ3n) is 3.74. The largest absolute Gasteiger partial charge is 0.383 e. The Kier molecular flexibility index (Phi) is 3.85. The lowest BCUT2D eigenvalue weighted by Crippen LogP contribution is -2.29. The molecule has 1 aliphatic rings. The molecule has 0 aliphatic carbocycles. The molecule has 0 radical (unpaired) electrons. The molecule has 0 spiro atoms. The zero-order chi connectivity index (χ0) is 13.1. The van der Waals surface area contributed by atoms with Gasteiger partial charge in [-0.25, -0.2) is 0 Å². The van der Waals surface area contributed by atoms with Crippen molar-refractivity contribution < 1.29 is 5.11 Å². The molecule has 1 aromatic heterocycles. The topological polar surface area (TPSA) is 23.5 Å². The molecular weight excluding hydrogens is 254 g/mol. The van der Waals surface area contributed by atoms with Gasteiger partial charge in [0, 0.05) is 23.7 Å². The second-order valence-corrected chi connectivity index (χ2v) is 6.04. The number of hydrogen-bond donors (Lipinski definition) is 1. The number of piperidine rings is 1. The van der Waals surface area contributed by atoms with Crippen LogP contribution in [0.1, 0.15) is 35.8 Å². The van der Waals surface area contributed by atoms with Crippen LogP contribution in [0.5, 0.6) is 0 Å². The van der Waals surface area contributed by atoms with Gasteiger partial charge >= 0.3 is 0 Å². The smallest absolute Gasteiger partial charge is 0.113 e. The van der Waals surface area contributed by atoms with Crippen molar-refractivity contribution >= 4 is 17.0 Å². The quantitative estimate of drug-likeness (QED) is 0.919. The molecule has 0 saturated carbocycles. The predicted octanol–water partition coefficient (Wildman–Crippen LogP) is 3.82. The average molecular weight is 273 g/mol. The summed E-state index contributed by atoms with van der Waals surface area (Å²) in [6.45, 7) is 2.32. The Morgan fingerprint density at radius 2 is 1.74 bits per heavy atom. The molecule has 1 atom stereocenters. The summed E-state index contributed by atoms with van der Waals surface area (Å²) in [6, 6.07) is 12.3. The van der Waals surface area contributed by atoms with E-state index in [2.05, 4.69) is 17.0 Å². The minimum Gasteiger partial charge on any atom is -0.383 e. The van der Waals surface area contributed by atoms with E-state index in [-0.39, 0.29) is 0 Å². The van der Waals surface area contributed by atoms with Gasteiger partial charge in [-0.15, -0.1) is 11.3 Å².